The Kier molecular flexibility index (Phi) is 5.25. The van der Waals surface area contributed by atoms with Gasteiger partial charge in [-0.2, -0.15) is 0 Å². The first kappa shape index (κ1) is 13.6. The summed E-state index contributed by atoms with van der Waals surface area (Å²) in [6.07, 6.45) is 9.66. The van der Waals surface area contributed by atoms with Crippen LogP contribution in [0.2, 0.25) is 0 Å². The molecule has 1 atom stereocenters. The van der Waals surface area contributed by atoms with Crippen molar-refractivity contribution in [3.63, 3.8) is 0 Å². The summed E-state index contributed by atoms with van der Waals surface area (Å²) >= 11 is 0. The summed E-state index contributed by atoms with van der Waals surface area (Å²) in [6.45, 7) is 2.16. The maximum absolute atomic E-state index is 10.2. The molecule has 1 unspecified atom stereocenters. The lowest BCUT2D eigenvalue weighted by atomic mass is 9.84. The summed E-state index contributed by atoms with van der Waals surface area (Å²) in [5.74, 6) is 0.783. The first-order chi connectivity index (χ1) is 8.75. The first-order valence-electron chi connectivity index (χ1n) is 7.48. The van der Waals surface area contributed by atoms with E-state index in [0.717, 1.165) is 25.2 Å². The molecule has 0 amide bonds. The third kappa shape index (κ3) is 4.13. The molecule has 1 heteroatoms. The Morgan fingerprint density at radius 3 is 2.61 bits per heavy atom. The van der Waals surface area contributed by atoms with E-state index in [4.69, 9.17) is 0 Å². The van der Waals surface area contributed by atoms with Crippen molar-refractivity contribution in [2.45, 2.75) is 64.4 Å². The highest BCUT2D eigenvalue weighted by Crippen LogP contribution is 2.28. The molecule has 0 aromatic heterocycles. The number of rotatable bonds is 5. The van der Waals surface area contributed by atoms with Crippen LogP contribution in [0, 0.1) is 12.8 Å². The highest BCUT2D eigenvalue weighted by Gasteiger charge is 2.17. The van der Waals surface area contributed by atoms with Gasteiger partial charge in [-0.15, -0.1) is 0 Å². The van der Waals surface area contributed by atoms with E-state index in [2.05, 4.69) is 31.2 Å². The molecule has 0 saturated heterocycles. The van der Waals surface area contributed by atoms with E-state index < -0.39 is 0 Å². The minimum absolute atomic E-state index is 0.104. The minimum Gasteiger partial charge on any atom is -0.393 e. The van der Waals surface area contributed by atoms with Crippen molar-refractivity contribution in [3.05, 3.63) is 35.4 Å². The molecular weight excluding hydrogens is 220 g/mol. The van der Waals surface area contributed by atoms with Gasteiger partial charge in [0.25, 0.3) is 0 Å². The number of benzene rings is 1. The van der Waals surface area contributed by atoms with Crippen LogP contribution in [0.1, 0.15) is 56.1 Å². The Bertz CT molecular complexity index is 352. The predicted molar refractivity (Wildman–Crippen MR) is 76.7 cm³/mol. The number of hydrogen-bond acceptors (Lipinski definition) is 1. The van der Waals surface area contributed by atoms with Crippen LogP contribution in [0.25, 0.3) is 0 Å². The molecule has 1 aliphatic carbocycles. The highest BCUT2D eigenvalue weighted by atomic mass is 16.3. The van der Waals surface area contributed by atoms with Gasteiger partial charge in [-0.3, -0.25) is 0 Å². The molecular formula is C17H26O. The van der Waals surface area contributed by atoms with Crippen LogP contribution in [0.15, 0.2) is 24.3 Å². The lowest BCUT2D eigenvalue weighted by molar-refractivity contribution is 0.122. The monoisotopic (exact) mass is 246 g/mol. The number of aryl methyl sites for hydroxylation is 2. The Hall–Kier alpha value is -0.820. The van der Waals surface area contributed by atoms with Crippen molar-refractivity contribution in [3.8, 4) is 0 Å². The predicted octanol–water partition coefficient (Wildman–Crippen LogP) is 4.26. The zero-order chi connectivity index (χ0) is 12.8. The lowest BCUT2D eigenvalue weighted by Crippen LogP contribution is -2.16. The molecule has 18 heavy (non-hydrogen) atoms. The molecule has 1 N–H and O–H groups in total. The van der Waals surface area contributed by atoms with Gasteiger partial charge in [0.1, 0.15) is 0 Å². The molecule has 0 heterocycles. The van der Waals surface area contributed by atoms with E-state index >= 15 is 0 Å². The molecule has 1 nitrogen and oxygen atoms in total. The molecule has 100 valence electrons. The van der Waals surface area contributed by atoms with Crippen molar-refractivity contribution in [2.24, 2.45) is 5.92 Å². The van der Waals surface area contributed by atoms with Crippen molar-refractivity contribution in [1.29, 1.82) is 0 Å². The fourth-order valence-electron chi connectivity index (χ4n) is 3.14. The van der Waals surface area contributed by atoms with E-state index in [1.165, 1.54) is 43.2 Å². The van der Waals surface area contributed by atoms with Gasteiger partial charge in [0.05, 0.1) is 6.10 Å². The summed E-state index contributed by atoms with van der Waals surface area (Å²) < 4.78 is 0. The fraction of sp³-hybridized carbons (Fsp3) is 0.647. The Morgan fingerprint density at radius 2 is 1.89 bits per heavy atom. The average Bonchev–Trinajstić information content (AvgIpc) is 2.39. The summed E-state index contributed by atoms with van der Waals surface area (Å²) in [5, 5.41) is 10.2. The van der Waals surface area contributed by atoms with E-state index in [0.29, 0.717) is 0 Å². The van der Waals surface area contributed by atoms with Crippen LogP contribution in [0.5, 0.6) is 0 Å². The second-order valence-electron chi connectivity index (χ2n) is 5.86. The van der Waals surface area contributed by atoms with E-state index in [9.17, 15) is 5.11 Å². The molecule has 0 bridgehead atoms. The van der Waals surface area contributed by atoms with Crippen molar-refractivity contribution in [2.75, 3.05) is 0 Å². The summed E-state index contributed by atoms with van der Waals surface area (Å²) in [5.41, 5.74) is 2.74. The maximum atomic E-state index is 10.2. The Balaban J connectivity index is 1.74. The van der Waals surface area contributed by atoms with Gasteiger partial charge in [-0.25, -0.2) is 0 Å². The second kappa shape index (κ2) is 6.94. The van der Waals surface area contributed by atoms with Gasteiger partial charge >= 0.3 is 0 Å². The molecule has 0 radical (unpaired) electrons. The molecule has 1 aromatic rings. The molecule has 0 spiro atoms. The van der Waals surface area contributed by atoms with Gasteiger partial charge < -0.3 is 5.11 Å². The van der Waals surface area contributed by atoms with Crippen LogP contribution in [0.4, 0.5) is 0 Å². The number of aliphatic hydroxyl groups is 1. The SMILES string of the molecule is Cc1ccccc1CCC(O)CC1CCCCC1. The van der Waals surface area contributed by atoms with Crippen LogP contribution in [-0.4, -0.2) is 11.2 Å². The van der Waals surface area contributed by atoms with E-state index in [1.54, 1.807) is 0 Å². The topological polar surface area (TPSA) is 20.2 Å². The molecule has 2 rings (SSSR count). The third-order valence-corrected chi connectivity index (χ3v) is 4.34. The summed E-state index contributed by atoms with van der Waals surface area (Å²) in [7, 11) is 0. The van der Waals surface area contributed by atoms with Gasteiger partial charge in [0, 0.05) is 0 Å². The van der Waals surface area contributed by atoms with E-state index in [-0.39, 0.29) is 6.10 Å². The van der Waals surface area contributed by atoms with Crippen molar-refractivity contribution in [1.82, 2.24) is 0 Å². The summed E-state index contributed by atoms with van der Waals surface area (Å²) in [6, 6.07) is 8.51. The molecule has 0 aliphatic heterocycles. The Morgan fingerprint density at radius 1 is 1.17 bits per heavy atom. The van der Waals surface area contributed by atoms with Gasteiger partial charge in [0.15, 0.2) is 0 Å². The van der Waals surface area contributed by atoms with Gasteiger partial charge in [-0.05, 0) is 43.2 Å². The van der Waals surface area contributed by atoms with Crippen LogP contribution < -0.4 is 0 Å². The molecule has 1 saturated carbocycles. The van der Waals surface area contributed by atoms with Crippen molar-refractivity contribution >= 4 is 0 Å². The van der Waals surface area contributed by atoms with Gasteiger partial charge in [-0.1, -0.05) is 56.4 Å². The number of aliphatic hydroxyl groups excluding tert-OH is 1. The normalized spacial score (nSPS) is 18.8. The largest absolute Gasteiger partial charge is 0.393 e. The molecule has 1 fully saturated rings. The summed E-state index contributed by atoms with van der Waals surface area (Å²) in [4.78, 5) is 0. The maximum Gasteiger partial charge on any atom is 0.0546 e. The standard InChI is InChI=1S/C17H26O/c1-14-7-5-6-10-16(14)11-12-17(18)13-15-8-3-2-4-9-15/h5-7,10,15,17-18H,2-4,8-9,11-13H2,1H3. The minimum atomic E-state index is -0.104. The number of hydrogen-bond donors (Lipinski definition) is 1. The molecule has 1 aliphatic rings. The Labute approximate surface area is 111 Å². The molecule has 1 aromatic carbocycles. The van der Waals surface area contributed by atoms with E-state index in [1.807, 2.05) is 0 Å². The third-order valence-electron chi connectivity index (χ3n) is 4.34. The lowest BCUT2D eigenvalue weighted by Gasteiger charge is -2.24. The zero-order valence-corrected chi connectivity index (χ0v) is 11.6. The van der Waals surface area contributed by atoms with Crippen LogP contribution in [0.3, 0.4) is 0 Å². The zero-order valence-electron chi connectivity index (χ0n) is 11.6. The first-order valence-corrected chi connectivity index (χ1v) is 7.48. The van der Waals surface area contributed by atoms with Crippen molar-refractivity contribution < 1.29 is 5.11 Å². The van der Waals surface area contributed by atoms with Crippen LogP contribution >= 0.6 is 0 Å². The second-order valence-corrected chi connectivity index (χ2v) is 5.86. The fourth-order valence-corrected chi connectivity index (χ4v) is 3.14. The smallest absolute Gasteiger partial charge is 0.0546 e. The van der Waals surface area contributed by atoms with Gasteiger partial charge in [0.2, 0.25) is 0 Å². The highest BCUT2D eigenvalue weighted by molar-refractivity contribution is 5.25. The average molecular weight is 246 g/mol. The quantitative estimate of drug-likeness (QED) is 0.823. The van der Waals surface area contributed by atoms with Crippen LogP contribution in [-0.2, 0) is 6.42 Å².